The number of amides is 1. The van der Waals surface area contributed by atoms with E-state index in [1.807, 2.05) is 44.2 Å². The molecule has 0 spiro atoms. The average Bonchev–Trinajstić information content (AvgIpc) is 2.43. The van der Waals surface area contributed by atoms with Crippen LogP contribution in [-0.4, -0.2) is 11.7 Å². The van der Waals surface area contributed by atoms with Crippen LogP contribution in [0.5, 0.6) is 0 Å². The second-order valence-electron chi connectivity index (χ2n) is 4.79. The molecule has 0 radical (unpaired) electrons. The fraction of sp³-hybridized carbons (Fsp3) is 0.188. The molecule has 3 N–H and O–H groups in total. The van der Waals surface area contributed by atoms with E-state index >= 15 is 0 Å². The van der Waals surface area contributed by atoms with Crippen LogP contribution >= 0.6 is 23.4 Å². The molecule has 0 heterocycles. The van der Waals surface area contributed by atoms with E-state index in [0.717, 1.165) is 21.7 Å². The molecule has 3 nitrogen and oxygen atoms in total. The summed E-state index contributed by atoms with van der Waals surface area (Å²) >= 11 is 7.46. The summed E-state index contributed by atoms with van der Waals surface area (Å²) in [5, 5.41) is 3.51. The maximum Gasteiger partial charge on any atom is 0.234 e. The van der Waals surface area contributed by atoms with Gasteiger partial charge in [0.2, 0.25) is 5.91 Å². The summed E-state index contributed by atoms with van der Waals surface area (Å²) in [6.45, 7) is 3.86. The third kappa shape index (κ3) is 4.16. The molecule has 0 unspecified atom stereocenters. The molecule has 0 aromatic heterocycles. The molecule has 21 heavy (non-hydrogen) atoms. The van der Waals surface area contributed by atoms with Gasteiger partial charge in [-0.25, -0.2) is 0 Å². The number of benzene rings is 2. The molecule has 0 aliphatic heterocycles. The first-order valence-corrected chi connectivity index (χ1v) is 7.87. The molecule has 5 heteroatoms. The highest BCUT2D eigenvalue weighted by atomic mass is 35.5. The number of hydrogen-bond donors (Lipinski definition) is 2. The van der Waals surface area contributed by atoms with E-state index in [9.17, 15) is 4.79 Å². The molecule has 1 amide bonds. The number of aryl methyl sites for hydroxylation is 1. The average molecular weight is 321 g/mol. The monoisotopic (exact) mass is 320 g/mol. The summed E-state index contributed by atoms with van der Waals surface area (Å²) in [5.41, 5.74) is 9.35. The van der Waals surface area contributed by atoms with Crippen molar-refractivity contribution in [3.8, 4) is 0 Å². The molecule has 2 aromatic rings. The van der Waals surface area contributed by atoms with Gasteiger partial charge in [0.15, 0.2) is 0 Å². The Morgan fingerprint density at radius 2 is 2.05 bits per heavy atom. The minimum atomic E-state index is -0.0784. The third-order valence-corrected chi connectivity index (χ3v) is 4.56. The molecule has 0 fully saturated rings. The van der Waals surface area contributed by atoms with Gasteiger partial charge in [-0.1, -0.05) is 23.7 Å². The van der Waals surface area contributed by atoms with Gasteiger partial charge in [0.25, 0.3) is 0 Å². The lowest BCUT2D eigenvalue weighted by Gasteiger charge is -2.10. The van der Waals surface area contributed by atoms with E-state index in [0.29, 0.717) is 16.5 Å². The second-order valence-corrected chi connectivity index (χ2v) is 6.21. The molecule has 0 saturated heterocycles. The van der Waals surface area contributed by atoms with E-state index < -0.39 is 0 Å². The quantitative estimate of drug-likeness (QED) is 0.653. The second kappa shape index (κ2) is 6.87. The number of carbonyl (C=O) groups is 1. The van der Waals surface area contributed by atoms with Gasteiger partial charge in [-0.15, -0.1) is 11.8 Å². The minimum absolute atomic E-state index is 0.0784. The van der Waals surface area contributed by atoms with Crippen LogP contribution in [0.15, 0.2) is 41.3 Å². The first-order chi connectivity index (χ1) is 9.97. The van der Waals surface area contributed by atoms with Gasteiger partial charge in [0, 0.05) is 21.3 Å². The normalized spacial score (nSPS) is 10.4. The Labute approximate surface area is 133 Å². The highest BCUT2D eigenvalue weighted by molar-refractivity contribution is 8.00. The fourth-order valence-electron chi connectivity index (χ4n) is 1.87. The topological polar surface area (TPSA) is 55.1 Å². The van der Waals surface area contributed by atoms with Gasteiger partial charge < -0.3 is 11.1 Å². The number of thioether (sulfide) groups is 1. The lowest BCUT2D eigenvalue weighted by atomic mass is 10.2. The Bertz CT molecular complexity index is 673. The molecule has 0 atom stereocenters. The van der Waals surface area contributed by atoms with Crippen molar-refractivity contribution in [2.24, 2.45) is 0 Å². The van der Waals surface area contributed by atoms with Crippen molar-refractivity contribution in [1.29, 1.82) is 0 Å². The summed E-state index contributed by atoms with van der Waals surface area (Å²) in [6.07, 6.45) is 0. The standard InChI is InChI=1S/C16H17ClN2OS/c1-10-6-7-15(13(18)8-10)21-9-16(20)19-14-5-3-4-12(17)11(14)2/h3-8H,9,18H2,1-2H3,(H,19,20). The summed E-state index contributed by atoms with van der Waals surface area (Å²) < 4.78 is 0. The molecule has 0 aliphatic carbocycles. The number of nitrogen functional groups attached to an aromatic ring is 1. The predicted molar refractivity (Wildman–Crippen MR) is 91.1 cm³/mol. The van der Waals surface area contributed by atoms with Crippen molar-refractivity contribution in [3.63, 3.8) is 0 Å². The zero-order chi connectivity index (χ0) is 15.4. The molecule has 0 aliphatic rings. The van der Waals surface area contributed by atoms with Gasteiger partial charge in [0.05, 0.1) is 5.75 Å². The Morgan fingerprint density at radius 1 is 1.29 bits per heavy atom. The summed E-state index contributed by atoms with van der Waals surface area (Å²) in [6, 6.07) is 11.3. The van der Waals surface area contributed by atoms with Crippen LogP contribution in [0.1, 0.15) is 11.1 Å². The molecule has 2 aromatic carbocycles. The Kier molecular flexibility index (Phi) is 5.15. The van der Waals surface area contributed by atoms with Crippen LogP contribution in [0.25, 0.3) is 0 Å². The van der Waals surface area contributed by atoms with Crippen LogP contribution in [-0.2, 0) is 4.79 Å². The molecule has 0 saturated carbocycles. The molecule has 2 rings (SSSR count). The summed E-state index contributed by atoms with van der Waals surface area (Å²) in [7, 11) is 0. The van der Waals surface area contributed by atoms with Gasteiger partial charge in [-0.05, 0) is 49.2 Å². The van der Waals surface area contributed by atoms with Crippen LogP contribution in [0.2, 0.25) is 5.02 Å². The highest BCUT2D eigenvalue weighted by Crippen LogP contribution is 2.27. The van der Waals surface area contributed by atoms with Gasteiger partial charge in [0.1, 0.15) is 0 Å². The van der Waals surface area contributed by atoms with Gasteiger partial charge in [-0.3, -0.25) is 4.79 Å². The van der Waals surface area contributed by atoms with E-state index in [2.05, 4.69) is 5.32 Å². The maximum atomic E-state index is 12.0. The smallest absolute Gasteiger partial charge is 0.234 e. The lowest BCUT2D eigenvalue weighted by Crippen LogP contribution is -2.15. The Morgan fingerprint density at radius 3 is 2.76 bits per heavy atom. The predicted octanol–water partition coefficient (Wildman–Crippen LogP) is 4.27. The van der Waals surface area contributed by atoms with Crippen molar-refractivity contribution >= 4 is 40.6 Å². The number of nitrogens with two attached hydrogens (primary N) is 1. The lowest BCUT2D eigenvalue weighted by molar-refractivity contribution is -0.113. The van der Waals surface area contributed by atoms with E-state index in [-0.39, 0.29) is 5.91 Å². The number of nitrogens with one attached hydrogen (secondary N) is 1. The largest absolute Gasteiger partial charge is 0.398 e. The SMILES string of the molecule is Cc1ccc(SCC(=O)Nc2cccc(Cl)c2C)c(N)c1. The number of anilines is 2. The van der Waals surface area contributed by atoms with E-state index in [1.54, 1.807) is 6.07 Å². The number of halogens is 1. The minimum Gasteiger partial charge on any atom is -0.398 e. The first-order valence-electron chi connectivity index (χ1n) is 6.51. The Hall–Kier alpha value is -1.65. The van der Waals surface area contributed by atoms with Crippen LogP contribution < -0.4 is 11.1 Å². The van der Waals surface area contributed by atoms with E-state index in [4.69, 9.17) is 17.3 Å². The molecular weight excluding hydrogens is 304 g/mol. The molecular formula is C16H17ClN2OS. The number of rotatable bonds is 4. The van der Waals surface area contributed by atoms with Crippen LogP contribution in [0.3, 0.4) is 0 Å². The number of hydrogen-bond acceptors (Lipinski definition) is 3. The van der Waals surface area contributed by atoms with E-state index in [1.165, 1.54) is 11.8 Å². The first kappa shape index (κ1) is 15.7. The highest BCUT2D eigenvalue weighted by Gasteiger charge is 2.08. The van der Waals surface area contributed by atoms with Gasteiger partial charge >= 0.3 is 0 Å². The van der Waals surface area contributed by atoms with Crippen molar-refractivity contribution in [1.82, 2.24) is 0 Å². The molecule has 0 bridgehead atoms. The number of carbonyl (C=O) groups excluding carboxylic acids is 1. The fourth-order valence-corrected chi connectivity index (χ4v) is 2.79. The van der Waals surface area contributed by atoms with Crippen molar-refractivity contribution in [3.05, 3.63) is 52.5 Å². The summed E-state index contributed by atoms with van der Waals surface area (Å²) in [4.78, 5) is 12.9. The van der Waals surface area contributed by atoms with Gasteiger partial charge in [-0.2, -0.15) is 0 Å². The third-order valence-electron chi connectivity index (χ3n) is 3.07. The van der Waals surface area contributed by atoms with Crippen LogP contribution in [0.4, 0.5) is 11.4 Å². The summed E-state index contributed by atoms with van der Waals surface area (Å²) in [5.74, 6) is 0.226. The van der Waals surface area contributed by atoms with Crippen molar-refractivity contribution in [2.75, 3.05) is 16.8 Å². The van der Waals surface area contributed by atoms with Crippen molar-refractivity contribution in [2.45, 2.75) is 18.7 Å². The zero-order valence-corrected chi connectivity index (χ0v) is 13.5. The maximum absolute atomic E-state index is 12.0. The molecule has 110 valence electrons. The van der Waals surface area contributed by atoms with Crippen molar-refractivity contribution < 1.29 is 4.79 Å². The Balaban J connectivity index is 1.97. The zero-order valence-electron chi connectivity index (χ0n) is 11.9. The van der Waals surface area contributed by atoms with Crippen LogP contribution in [0, 0.1) is 13.8 Å².